The van der Waals surface area contributed by atoms with Crippen molar-refractivity contribution in [1.82, 2.24) is 80.2 Å². The number of alkyl halides is 21. The summed E-state index contributed by atoms with van der Waals surface area (Å²) in [6.07, 6.45) is -18.4. The molecule has 0 saturated heterocycles. The molecule has 26 nitrogen and oxygen atoms in total. The second-order valence-corrected chi connectivity index (χ2v) is 26.1. The molecule has 654 valence electrons. The molecule has 0 spiro atoms. The Hall–Kier alpha value is -13.1. The van der Waals surface area contributed by atoms with Crippen molar-refractivity contribution in [2.24, 2.45) is 5.73 Å². The molecule has 12 aromatic rings. The number of hydrogen-bond acceptors (Lipinski definition) is 22. The van der Waals surface area contributed by atoms with Gasteiger partial charge in [0, 0.05) is 123 Å². The zero-order chi connectivity index (χ0) is 91.9. The molecule has 0 fully saturated rings. The van der Waals surface area contributed by atoms with Gasteiger partial charge in [-0.1, -0.05) is 46.6 Å². The predicted molar refractivity (Wildman–Crippen MR) is 393 cm³/mol. The van der Waals surface area contributed by atoms with E-state index in [-0.39, 0.29) is 59.4 Å². The third-order valence-corrected chi connectivity index (χ3v) is 15.8. The first-order chi connectivity index (χ1) is 57.2. The van der Waals surface area contributed by atoms with Crippen molar-refractivity contribution in [3.63, 3.8) is 0 Å². The summed E-state index contributed by atoms with van der Waals surface area (Å²) in [5, 5.41) is 13.1. The average molecular weight is 1820 g/mol. The van der Waals surface area contributed by atoms with Crippen molar-refractivity contribution in [3.8, 4) is 45.8 Å². The minimum absolute atomic E-state index is 0.0782. The molecule has 0 saturated carbocycles. The van der Waals surface area contributed by atoms with Crippen LogP contribution < -0.4 is 27.0 Å². The SMILES string of the molecule is CC(C)n1nc(-c2cnccc2C(F)(F)F)oc1=O.CN(C)C(=O)c1cnccc1C(F)(F)F.CN(C)CNC(=O)c1cnccc1C(F)(F)F.FC(F)(F)c1ccncc1-c1noc(-c2cccc(Cl)c2)n1.NC(=O)c1cnccc1C(F)(F)F.O=C(NCc1ccc(Cl)cc1)c1cnccc1C(F)(F)F.O=c1nc(-c2cnccc2C(F)(F)F)os1. The highest BCUT2D eigenvalue weighted by Crippen LogP contribution is 2.41. The zero-order valence-corrected chi connectivity index (χ0v) is 65.2. The lowest BCUT2D eigenvalue weighted by Crippen LogP contribution is -2.34. The maximum Gasteiger partial charge on any atom is 0.437 e. The van der Waals surface area contributed by atoms with E-state index < -0.39 is 139 Å². The number of hydrogen-bond donors (Lipinski definition) is 3. The third-order valence-electron chi connectivity index (χ3n) is 14.8. The summed E-state index contributed by atoms with van der Waals surface area (Å²) < 4.78 is 281. The predicted octanol–water partition coefficient (Wildman–Crippen LogP) is 17.2. The third kappa shape index (κ3) is 29.3. The van der Waals surface area contributed by atoms with E-state index >= 15 is 0 Å². The molecule has 2 aromatic carbocycles. The maximum atomic E-state index is 13.0. The number of nitrogens with one attached hydrogen (secondary N) is 2. The molecule has 12 rings (SSSR count). The van der Waals surface area contributed by atoms with Crippen LogP contribution in [-0.4, -0.2) is 128 Å². The molecule has 50 heteroatoms. The molecule has 10 heterocycles. The van der Waals surface area contributed by atoms with Crippen molar-refractivity contribution in [2.45, 2.75) is 69.7 Å². The van der Waals surface area contributed by atoms with Gasteiger partial charge in [0.2, 0.25) is 11.7 Å². The molecule has 0 atom stereocenters. The molecule has 0 unspecified atom stereocenters. The van der Waals surface area contributed by atoms with Gasteiger partial charge in [0.1, 0.15) is 11.6 Å². The first kappa shape index (κ1) is 98.7. The van der Waals surface area contributed by atoms with Gasteiger partial charge in [0.25, 0.3) is 35.4 Å². The van der Waals surface area contributed by atoms with Crippen LogP contribution in [0.25, 0.3) is 45.8 Å². The minimum atomic E-state index is -4.60. The quantitative estimate of drug-likeness (QED) is 0.0713. The maximum absolute atomic E-state index is 13.0. The summed E-state index contributed by atoms with van der Waals surface area (Å²) in [5.41, 5.74) is -3.75. The second-order valence-electron chi connectivity index (χ2n) is 24.5. The standard InChI is InChI=1S/C14H7ClF3N3O.C14H10ClF3N2O.C11H10F3N3O2.C10H12F3N3O.C9H9F3N2O.C8H3F3N2O2S.C7H5F3N2O/c15-9-3-1-2-8(6-9)13-20-12(21-22-13)10-7-19-5-4-11(10)14(16,17)18;15-10-3-1-9(2-4-10)7-20-13(21)11-8-19-6-5-12(11)14(16,17)18;1-6(2)17-10(18)19-9(16-17)7-5-15-4-3-8(7)11(12,13)14;1-16(2)6-15-9(17)7-5-14-4-3-8(7)10(11,12)13;1-14(2)8(15)6-5-13-4-3-7(6)9(10,11)12;9-8(10,11)5-1-2-12-3-4(5)6-13-7(14)16-15-6;8-7(9,10)5-1-2-12-3-4(5)6(11)13/h1-7H;1-6,8H,7H2,(H,20,21);3-6H,1-2H3;3-5H,6H2,1-2H3,(H,15,17);3-5H,1-2H3;1-3H;1-3H,(H2,11,13). The van der Waals surface area contributed by atoms with E-state index in [4.69, 9.17) is 37.9 Å². The zero-order valence-electron chi connectivity index (χ0n) is 62.8. The largest absolute Gasteiger partial charge is 0.437 e. The summed E-state index contributed by atoms with van der Waals surface area (Å²) in [5.74, 6) is -5.14. The number of nitrogens with zero attached hydrogens (tertiary/aromatic N) is 14. The molecule has 4 amide bonds. The smallest absolute Gasteiger partial charge is 0.388 e. The van der Waals surface area contributed by atoms with Gasteiger partial charge in [0.15, 0.2) is 0 Å². The van der Waals surface area contributed by atoms with Crippen LogP contribution in [0.4, 0.5) is 92.2 Å². The number of benzene rings is 2. The van der Waals surface area contributed by atoms with Crippen LogP contribution in [0.5, 0.6) is 0 Å². The minimum Gasteiger partial charge on any atom is -0.388 e. The Balaban J connectivity index is 0.000000223. The number of carbonyl (C=O) groups excluding carboxylic acids is 4. The van der Waals surface area contributed by atoms with Gasteiger partial charge >= 0.3 is 53.9 Å². The van der Waals surface area contributed by atoms with E-state index in [1.165, 1.54) is 14.1 Å². The Morgan fingerprint density at radius 1 is 0.472 bits per heavy atom. The first-order valence-corrected chi connectivity index (χ1v) is 34.9. The van der Waals surface area contributed by atoms with Gasteiger partial charge < -0.3 is 34.1 Å². The van der Waals surface area contributed by atoms with Crippen LogP contribution in [0, 0.1) is 0 Å². The summed E-state index contributed by atoms with van der Waals surface area (Å²) >= 11 is 12.0. The van der Waals surface area contributed by atoms with E-state index in [1.807, 2.05) is 0 Å². The van der Waals surface area contributed by atoms with E-state index in [0.717, 1.165) is 138 Å². The molecule has 0 radical (unpaired) electrons. The summed E-state index contributed by atoms with van der Waals surface area (Å²) in [6, 6.07) is 18.4. The van der Waals surface area contributed by atoms with Crippen molar-refractivity contribution in [2.75, 3.05) is 34.9 Å². The molecule has 0 aliphatic heterocycles. The van der Waals surface area contributed by atoms with Gasteiger partial charge in [0.05, 0.1) is 90.6 Å². The van der Waals surface area contributed by atoms with Crippen LogP contribution in [-0.2, 0) is 49.8 Å². The van der Waals surface area contributed by atoms with E-state index in [0.29, 0.717) is 33.3 Å². The van der Waals surface area contributed by atoms with Crippen LogP contribution in [0.3, 0.4) is 0 Å². The van der Waals surface area contributed by atoms with E-state index in [1.54, 1.807) is 81.4 Å². The highest BCUT2D eigenvalue weighted by atomic mass is 35.5. The molecule has 0 bridgehead atoms. The second kappa shape index (κ2) is 42.4. The Morgan fingerprint density at radius 3 is 1.25 bits per heavy atom. The number of aromatic nitrogens is 12. The number of rotatable bonds is 13. The molecule has 4 N–H and O–H groups in total. The lowest BCUT2D eigenvalue weighted by molar-refractivity contribution is -0.138. The molecule has 10 aromatic heterocycles. The number of nitrogens with two attached hydrogens (primary N) is 1. The lowest BCUT2D eigenvalue weighted by Gasteiger charge is -2.14. The number of amides is 4. The fourth-order valence-electron chi connectivity index (χ4n) is 9.28. The number of pyridine rings is 7. The molecular formula is C73H56Cl2F21N17O9S. The van der Waals surface area contributed by atoms with Gasteiger partial charge in [-0.05, 0) is 106 Å². The number of primary amides is 1. The Bertz CT molecular complexity index is 5680. The first-order valence-electron chi connectivity index (χ1n) is 33.4. The highest BCUT2D eigenvalue weighted by molar-refractivity contribution is 7.00. The van der Waals surface area contributed by atoms with E-state index in [2.05, 4.69) is 69.6 Å². The normalized spacial score (nSPS) is 11.6. The van der Waals surface area contributed by atoms with E-state index in [9.17, 15) is 121 Å². The van der Waals surface area contributed by atoms with Gasteiger partial charge in [-0.2, -0.15) is 107 Å². The molecular weight excluding hydrogens is 1760 g/mol. The lowest BCUT2D eigenvalue weighted by atomic mass is 10.1. The highest BCUT2D eigenvalue weighted by Gasteiger charge is 2.41. The topological polar surface area (TPSA) is 345 Å². The summed E-state index contributed by atoms with van der Waals surface area (Å²) in [4.78, 5) is 102. The Morgan fingerprint density at radius 2 is 0.862 bits per heavy atom. The van der Waals surface area contributed by atoms with Gasteiger partial charge in [-0.3, -0.25) is 63.8 Å². The van der Waals surface area contributed by atoms with Crippen molar-refractivity contribution in [3.05, 3.63) is 275 Å². The number of carbonyl (C=O) groups is 4. The van der Waals surface area contributed by atoms with Crippen LogP contribution in [0.1, 0.15) is 106 Å². The van der Waals surface area contributed by atoms with Crippen molar-refractivity contribution in [1.29, 1.82) is 0 Å². The van der Waals surface area contributed by atoms with Crippen LogP contribution >= 0.6 is 34.8 Å². The van der Waals surface area contributed by atoms with Crippen molar-refractivity contribution >= 4 is 58.5 Å². The fraction of sp³-hybridized carbons (Fsp3) is 0.219. The van der Waals surface area contributed by atoms with Gasteiger partial charge in [-0.15, -0.1) is 5.10 Å². The van der Waals surface area contributed by atoms with Gasteiger partial charge in [-0.25, -0.2) is 4.79 Å². The summed E-state index contributed by atoms with van der Waals surface area (Å²) in [6.45, 7) is 3.59. The Kier molecular flexibility index (Phi) is 34.0. The fourth-order valence-corrected chi connectivity index (χ4v) is 9.99. The molecule has 123 heavy (non-hydrogen) atoms. The molecule has 0 aliphatic carbocycles. The number of halogens is 23. The van der Waals surface area contributed by atoms with Crippen LogP contribution in [0.2, 0.25) is 10.0 Å². The molecule has 0 aliphatic rings. The average Bonchev–Trinajstić information content (AvgIpc) is 1.65. The van der Waals surface area contributed by atoms with Crippen molar-refractivity contribution < 1.29 is 124 Å². The monoisotopic (exact) mass is 1820 g/mol. The Labute approximate surface area is 690 Å². The van der Waals surface area contributed by atoms with Crippen LogP contribution in [0.15, 0.2) is 200 Å². The summed E-state index contributed by atoms with van der Waals surface area (Å²) in [7, 11) is 6.15.